The lowest BCUT2D eigenvalue weighted by Gasteiger charge is -2.14. The van der Waals surface area contributed by atoms with Gasteiger partial charge in [-0.2, -0.15) is 0 Å². The van der Waals surface area contributed by atoms with Gasteiger partial charge in [-0.05, 0) is 33.3 Å². The van der Waals surface area contributed by atoms with Gasteiger partial charge in [0.25, 0.3) is 5.56 Å². The van der Waals surface area contributed by atoms with Crippen LogP contribution in [0, 0.1) is 6.92 Å². The number of esters is 2. The van der Waals surface area contributed by atoms with Gasteiger partial charge in [0, 0.05) is 6.61 Å². The summed E-state index contributed by atoms with van der Waals surface area (Å²) in [6, 6.07) is -0.841. The Balaban J connectivity index is 2.30. The summed E-state index contributed by atoms with van der Waals surface area (Å²) in [5.41, 5.74) is 0.112. The van der Waals surface area contributed by atoms with Crippen molar-refractivity contribution in [1.82, 2.24) is 9.55 Å². The van der Waals surface area contributed by atoms with Crippen molar-refractivity contribution in [1.29, 1.82) is 0 Å². The molecule has 0 saturated carbocycles. The summed E-state index contributed by atoms with van der Waals surface area (Å²) in [6.07, 6.45) is 1.30. The van der Waals surface area contributed by atoms with Crippen molar-refractivity contribution in [3.05, 3.63) is 27.1 Å². The number of carbonyl (C=O) groups is 2. The first-order valence-electron chi connectivity index (χ1n) is 8.34. The fraction of sp³-hybridized carbons (Fsp3) is 0.529. The molecule has 2 heterocycles. The number of aromatic nitrogens is 2. The summed E-state index contributed by atoms with van der Waals surface area (Å²) >= 11 is 1.10. The first-order valence-corrected chi connectivity index (χ1v) is 9.15. The zero-order valence-electron chi connectivity index (χ0n) is 15.2. The monoisotopic (exact) mass is 382 g/mol. The maximum atomic E-state index is 12.8. The predicted molar refractivity (Wildman–Crippen MR) is 96.7 cm³/mol. The van der Waals surface area contributed by atoms with Gasteiger partial charge < -0.3 is 14.2 Å². The molecule has 2 aromatic rings. The van der Waals surface area contributed by atoms with Gasteiger partial charge in [0.05, 0.1) is 24.9 Å². The van der Waals surface area contributed by atoms with E-state index in [2.05, 4.69) is 4.98 Å². The van der Waals surface area contributed by atoms with E-state index >= 15 is 0 Å². The lowest BCUT2D eigenvalue weighted by atomic mass is 10.2. The number of thiophene rings is 1. The summed E-state index contributed by atoms with van der Waals surface area (Å²) in [6.45, 7) is 7.99. The first kappa shape index (κ1) is 20.1. The molecule has 0 aliphatic carbocycles. The molecule has 1 unspecified atom stereocenters. The minimum atomic E-state index is -0.841. The summed E-state index contributed by atoms with van der Waals surface area (Å²) in [4.78, 5) is 42.0. The summed E-state index contributed by atoms with van der Waals surface area (Å²) < 4.78 is 16.4. The van der Waals surface area contributed by atoms with Crippen LogP contribution in [0.1, 0.15) is 42.0 Å². The maximum absolute atomic E-state index is 12.8. The number of hydrogen-bond donors (Lipinski definition) is 0. The highest BCUT2D eigenvalue weighted by Gasteiger charge is 2.24. The Bertz CT molecular complexity index is 857. The second kappa shape index (κ2) is 8.91. The smallest absolute Gasteiger partial charge is 0.348 e. The van der Waals surface area contributed by atoms with Gasteiger partial charge in [-0.25, -0.2) is 14.6 Å². The molecular weight excluding hydrogens is 360 g/mol. The molecule has 0 N–H and O–H groups in total. The Hall–Kier alpha value is -2.26. The minimum absolute atomic E-state index is 0.117. The first-order chi connectivity index (χ1) is 12.4. The van der Waals surface area contributed by atoms with Crippen LogP contribution >= 0.6 is 11.3 Å². The van der Waals surface area contributed by atoms with Crippen LogP contribution in [0.3, 0.4) is 0 Å². The molecule has 0 radical (unpaired) electrons. The van der Waals surface area contributed by atoms with Gasteiger partial charge in [-0.1, -0.05) is 0 Å². The molecule has 2 aromatic heterocycles. The van der Waals surface area contributed by atoms with E-state index in [9.17, 15) is 14.4 Å². The van der Waals surface area contributed by atoms with Gasteiger partial charge >= 0.3 is 11.9 Å². The summed E-state index contributed by atoms with van der Waals surface area (Å²) in [7, 11) is 0. The quantitative estimate of drug-likeness (QED) is 0.509. The molecule has 0 spiro atoms. The summed E-state index contributed by atoms with van der Waals surface area (Å²) in [5, 5.41) is 0.314. The Morgan fingerprint density at radius 2 is 1.96 bits per heavy atom. The number of hydrogen-bond acceptors (Lipinski definition) is 8. The third-order valence-electron chi connectivity index (χ3n) is 3.77. The zero-order chi connectivity index (χ0) is 19.3. The lowest BCUT2D eigenvalue weighted by molar-refractivity contribution is -0.148. The molecule has 0 fully saturated rings. The molecule has 2 rings (SSSR count). The average Bonchev–Trinajstić information content (AvgIpc) is 2.96. The molecule has 0 amide bonds. The van der Waals surface area contributed by atoms with Crippen LogP contribution in [-0.4, -0.2) is 47.9 Å². The van der Waals surface area contributed by atoms with Crippen LogP contribution in [0.2, 0.25) is 0 Å². The van der Waals surface area contributed by atoms with E-state index in [4.69, 9.17) is 14.2 Å². The van der Waals surface area contributed by atoms with Gasteiger partial charge in [0.15, 0.2) is 0 Å². The van der Waals surface area contributed by atoms with E-state index in [0.717, 1.165) is 11.3 Å². The predicted octanol–water partition coefficient (Wildman–Crippen LogP) is 2.08. The number of rotatable bonds is 8. The molecule has 0 bridgehead atoms. The van der Waals surface area contributed by atoms with Crippen LogP contribution in [0.25, 0.3) is 10.2 Å². The molecule has 0 aromatic carbocycles. The van der Waals surface area contributed by atoms with Crippen molar-refractivity contribution in [2.75, 3.05) is 26.4 Å². The van der Waals surface area contributed by atoms with Gasteiger partial charge in [0.2, 0.25) is 0 Å². The molecule has 8 nitrogen and oxygen atoms in total. The average molecular weight is 382 g/mol. The van der Waals surface area contributed by atoms with Crippen LogP contribution in [0.15, 0.2) is 11.1 Å². The van der Waals surface area contributed by atoms with E-state index in [-0.39, 0.29) is 13.2 Å². The largest absolute Gasteiger partial charge is 0.462 e. The summed E-state index contributed by atoms with van der Waals surface area (Å²) in [5.74, 6) is -1.03. The molecular formula is C17H22N2O6S. The third kappa shape index (κ3) is 4.10. The van der Waals surface area contributed by atoms with E-state index in [1.165, 1.54) is 10.9 Å². The van der Waals surface area contributed by atoms with Gasteiger partial charge in [0.1, 0.15) is 22.4 Å². The Kier molecular flexibility index (Phi) is 6.87. The second-order valence-corrected chi connectivity index (χ2v) is 6.45. The number of aryl methyl sites for hydroxylation is 1. The highest BCUT2D eigenvalue weighted by molar-refractivity contribution is 7.20. The Labute approximate surface area is 154 Å². The number of ether oxygens (including phenoxy) is 3. The number of fused-ring (bicyclic) bond motifs is 1. The number of carbonyl (C=O) groups excluding carboxylic acids is 2. The Morgan fingerprint density at radius 3 is 2.62 bits per heavy atom. The molecule has 26 heavy (non-hydrogen) atoms. The van der Waals surface area contributed by atoms with E-state index in [0.29, 0.717) is 33.9 Å². The van der Waals surface area contributed by atoms with Crippen LogP contribution in [0.4, 0.5) is 0 Å². The van der Waals surface area contributed by atoms with Gasteiger partial charge in [-0.3, -0.25) is 9.36 Å². The fourth-order valence-corrected chi connectivity index (χ4v) is 3.42. The van der Waals surface area contributed by atoms with Crippen molar-refractivity contribution in [3.8, 4) is 0 Å². The van der Waals surface area contributed by atoms with Crippen LogP contribution in [0.5, 0.6) is 0 Å². The van der Waals surface area contributed by atoms with Crippen LogP contribution < -0.4 is 5.56 Å². The number of nitrogens with zero attached hydrogens (tertiary/aromatic N) is 2. The maximum Gasteiger partial charge on any atom is 0.348 e. The SMILES string of the molecule is CCOCCOC(=O)C(C)n1cnc2sc(C(=O)OCC)c(C)c2c1=O. The van der Waals surface area contributed by atoms with Crippen molar-refractivity contribution in [2.45, 2.75) is 33.7 Å². The van der Waals surface area contributed by atoms with Crippen molar-refractivity contribution < 1.29 is 23.8 Å². The minimum Gasteiger partial charge on any atom is -0.462 e. The molecule has 0 aliphatic heterocycles. The Morgan fingerprint density at radius 1 is 1.23 bits per heavy atom. The molecule has 1 atom stereocenters. The molecule has 0 aliphatic rings. The second-order valence-electron chi connectivity index (χ2n) is 5.45. The highest BCUT2D eigenvalue weighted by Crippen LogP contribution is 2.27. The van der Waals surface area contributed by atoms with Crippen molar-refractivity contribution in [2.24, 2.45) is 0 Å². The third-order valence-corrected chi connectivity index (χ3v) is 4.95. The van der Waals surface area contributed by atoms with E-state index in [1.807, 2.05) is 6.92 Å². The molecule has 142 valence electrons. The fourth-order valence-electron chi connectivity index (χ4n) is 2.38. The molecule has 9 heteroatoms. The lowest BCUT2D eigenvalue weighted by Crippen LogP contribution is -2.30. The van der Waals surface area contributed by atoms with E-state index in [1.54, 1.807) is 20.8 Å². The topological polar surface area (TPSA) is 96.7 Å². The zero-order valence-corrected chi connectivity index (χ0v) is 16.1. The van der Waals surface area contributed by atoms with Gasteiger partial charge in [-0.15, -0.1) is 11.3 Å². The molecule has 0 saturated heterocycles. The van der Waals surface area contributed by atoms with Crippen molar-refractivity contribution >= 4 is 33.5 Å². The normalized spacial score (nSPS) is 12.2. The van der Waals surface area contributed by atoms with Crippen LogP contribution in [-0.2, 0) is 19.0 Å². The standard InChI is InChI=1S/C17H22N2O6S/c1-5-23-7-8-25-16(21)11(4)19-9-18-14-12(15(19)20)10(3)13(26-14)17(22)24-6-2/h9,11H,5-8H2,1-4H3. The van der Waals surface area contributed by atoms with E-state index < -0.39 is 23.5 Å². The highest BCUT2D eigenvalue weighted by atomic mass is 32.1. The van der Waals surface area contributed by atoms with Crippen molar-refractivity contribution in [3.63, 3.8) is 0 Å².